The molecule has 0 spiro atoms. The van der Waals surface area contributed by atoms with E-state index in [1.54, 1.807) is 19.1 Å². The van der Waals surface area contributed by atoms with Gasteiger partial charge in [-0.1, -0.05) is 37.6 Å². The lowest BCUT2D eigenvalue weighted by Crippen LogP contribution is -2.20. The number of phenols is 1. The molecule has 5 nitrogen and oxygen atoms in total. The number of benzene rings is 2. The molecule has 0 bridgehead atoms. The van der Waals surface area contributed by atoms with Crippen molar-refractivity contribution >= 4 is 27.3 Å². The molecule has 0 aliphatic carbocycles. The Morgan fingerprint density at radius 1 is 1.24 bits per heavy atom. The van der Waals surface area contributed by atoms with Crippen molar-refractivity contribution in [2.24, 2.45) is 5.10 Å². The van der Waals surface area contributed by atoms with Gasteiger partial charge in [0, 0.05) is 10.6 Å². The van der Waals surface area contributed by atoms with Gasteiger partial charge in [-0.25, -0.2) is 0 Å². The van der Waals surface area contributed by atoms with Crippen LogP contribution in [0.15, 0.2) is 52.5 Å². The standard InChI is InChI=1S/C18H21ClN2O3S/c1-4-12(2)14-5-8-16(9-6-14)25(23,24)21-20-13(3)17-11-15(19)7-10-18(17)22/h5-12,21-22H,4H2,1-3H3/b20-13-. The molecular weight excluding hydrogens is 360 g/mol. The van der Waals surface area contributed by atoms with Crippen LogP contribution in [0.4, 0.5) is 0 Å². The van der Waals surface area contributed by atoms with Crippen molar-refractivity contribution in [2.45, 2.75) is 38.0 Å². The topological polar surface area (TPSA) is 78.8 Å². The van der Waals surface area contributed by atoms with Gasteiger partial charge in [-0.15, -0.1) is 0 Å². The zero-order valence-electron chi connectivity index (χ0n) is 14.3. The highest BCUT2D eigenvalue weighted by atomic mass is 35.5. The fourth-order valence-electron chi connectivity index (χ4n) is 2.25. The normalized spacial score (nSPS) is 13.5. The summed E-state index contributed by atoms with van der Waals surface area (Å²) in [4.78, 5) is 2.32. The average Bonchev–Trinajstić information content (AvgIpc) is 2.61. The number of hydrogen-bond donors (Lipinski definition) is 2. The highest BCUT2D eigenvalue weighted by Crippen LogP contribution is 2.23. The van der Waals surface area contributed by atoms with Crippen LogP contribution in [0.5, 0.6) is 5.75 Å². The smallest absolute Gasteiger partial charge is 0.276 e. The Hall–Kier alpha value is -2.05. The maximum atomic E-state index is 12.4. The first-order valence-corrected chi connectivity index (χ1v) is 9.75. The van der Waals surface area contributed by atoms with Gasteiger partial charge in [-0.2, -0.15) is 18.4 Å². The number of hydrazone groups is 1. The van der Waals surface area contributed by atoms with E-state index in [9.17, 15) is 13.5 Å². The second-order valence-electron chi connectivity index (χ2n) is 5.83. The molecule has 0 aromatic heterocycles. The molecule has 2 N–H and O–H groups in total. The summed E-state index contributed by atoms with van der Waals surface area (Å²) in [5, 5.41) is 14.1. The molecule has 0 aliphatic heterocycles. The molecule has 134 valence electrons. The minimum absolute atomic E-state index is 0.0252. The number of rotatable bonds is 6. The quantitative estimate of drug-likeness (QED) is 0.580. The molecule has 25 heavy (non-hydrogen) atoms. The SMILES string of the molecule is CCC(C)c1ccc(S(=O)(=O)N/N=C(/C)c2cc(Cl)ccc2O)cc1. The van der Waals surface area contributed by atoms with E-state index in [4.69, 9.17) is 11.6 Å². The van der Waals surface area contributed by atoms with E-state index in [1.807, 2.05) is 12.1 Å². The van der Waals surface area contributed by atoms with E-state index >= 15 is 0 Å². The molecule has 0 heterocycles. The Kier molecular flexibility index (Phi) is 6.08. The first-order chi connectivity index (χ1) is 11.7. The van der Waals surface area contributed by atoms with Gasteiger partial charge in [-0.3, -0.25) is 0 Å². The maximum Gasteiger partial charge on any atom is 0.276 e. The monoisotopic (exact) mass is 380 g/mol. The number of aromatic hydroxyl groups is 1. The third-order valence-electron chi connectivity index (χ3n) is 4.05. The van der Waals surface area contributed by atoms with E-state index < -0.39 is 10.0 Å². The minimum atomic E-state index is -3.79. The predicted octanol–water partition coefficient (Wildman–Crippen LogP) is 4.26. The van der Waals surface area contributed by atoms with E-state index in [0.717, 1.165) is 12.0 Å². The zero-order valence-corrected chi connectivity index (χ0v) is 15.9. The summed E-state index contributed by atoms with van der Waals surface area (Å²) >= 11 is 5.89. The van der Waals surface area contributed by atoms with Gasteiger partial charge in [0.15, 0.2) is 0 Å². The van der Waals surface area contributed by atoms with Gasteiger partial charge >= 0.3 is 0 Å². The summed E-state index contributed by atoms with van der Waals surface area (Å²) < 4.78 is 24.7. The number of sulfonamides is 1. The Bertz CT molecular complexity index is 878. The van der Waals surface area contributed by atoms with Crippen LogP contribution in [0.1, 0.15) is 44.2 Å². The molecule has 0 amide bonds. The molecule has 1 atom stereocenters. The number of phenolic OH excluding ortho intramolecular Hbond substituents is 1. The predicted molar refractivity (Wildman–Crippen MR) is 101 cm³/mol. The van der Waals surface area contributed by atoms with Crippen molar-refractivity contribution < 1.29 is 13.5 Å². The van der Waals surface area contributed by atoms with Crippen molar-refractivity contribution in [1.29, 1.82) is 0 Å². The second kappa shape index (κ2) is 7.89. The molecule has 2 rings (SSSR count). The van der Waals surface area contributed by atoms with E-state index in [2.05, 4.69) is 23.8 Å². The van der Waals surface area contributed by atoms with Gasteiger partial charge < -0.3 is 5.11 Å². The molecule has 0 fully saturated rings. The maximum absolute atomic E-state index is 12.4. The number of nitrogens with one attached hydrogen (secondary N) is 1. The van der Waals surface area contributed by atoms with Crippen molar-refractivity contribution in [3.63, 3.8) is 0 Å². The first-order valence-electron chi connectivity index (χ1n) is 7.89. The lowest BCUT2D eigenvalue weighted by molar-refractivity contribution is 0.474. The summed E-state index contributed by atoms with van der Waals surface area (Å²) in [5.74, 6) is 0.346. The number of halogens is 1. The first kappa shape index (κ1) is 19.3. The molecule has 0 radical (unpaired) electrons. The van der Waals surface area contributed by atoms with Gasteiger partial charge in [0.25, 0.3) is 10.0 Å². The van der Waals surface area contributed by atoms with Gasteiger partial charge in [0.05, 0.1) is 10.6 Å². The summed E-state index contributed by atoms with van der Waals surface area (Å²) in [5.41, 5.74) is 1.76. The molecule has 2 aromatic rings. The lowest BCUT2D eigenvalue weighted by atomic mass is 9.99. The third-order valence-corrected chi connectivity index (χ3v) is 5.51. The fraction of sp³-hybridized carbons (Fsp3) is 0.278. The van der Waals surface area contributed by atoms with Crippen LogP contribution < -0.4 is 4.83 Å². The second-order valence-corrected chi connectivity index (χ2v) is 7.93. The fourth-order valence-corrected chi connectivity index (χ4v) is 3.28. The molecule has 2 aromatic carbocycles. The summed E-state index contributed by atoms with van der Waals surface area (Å²) in [6.45, 7) is 5.76. The lowest BCUT2D eigenvalue weighted by Gasteiger charge is -2.10. The van der Waals surface area contributed by atoms with Gasteiger partial charge in [0.1, 0.15) is 5.75 Å². The Balaban J connectivity index is 2.22. The average molecular weight is 381 g/mol. The molecule has 0 aliphatic rings. The molecule has 7 heteroatoms. The minimum Gasteiger partial charge on any atom is -0.507 e. The van der Waals surface area contributed by atoms with Crippen molar-refractivity contribution in [3.05, 3.63) is 58.6 Å². The van der Waals surface area contributed by atoms with E-state index in [1.165, 1.54) is 18.2 Å². The molecular formula is C18H21ClN2O3S. The van der Waals surface area contributed by atoms with Crippen molar-refractivity contribution in [2.75, 3.05) is 0 Å². The van der Waals surface area contributed by atoms with Crippen LogP contribution in [0.2, 0.25) is 5.02 Å². The van der Waals surface area contributed by atoms with Gasteiger partial charge in [-0.05, 0) is 55.2 Å². The molecule has 1 unspecified atom stereocenters. The van der Waals surface area contributed by atoms with Crippen LogP contribution in [-0.4, -0.2) is 19.2 Å². The third kappa shape index (κ3) is 4.74. The van der Waals surface area contributed by atoms with E-state index in [0.29, 0.717) is 22.2 Å². The summed E-state index contributed by atoms with van der Waals surface area (Å²) in [6, 6.07) is 11.2. The number of hydrogen-bond acceptors (Lipinski definition) is 4. The highest BCUT2D eigenvalue weighted by Gasteiger charge is 2.14. The molecule has 0 saturated carbocycles. The van der Waals surface area contributed by atoms with Crippen LogP contribution in [0.25, 0.3) is 0 Å². The number of nitrogens with zero attached hydrogens (tertiary/aromatic N) is 1. The van der Waals surface area contributed by atoms with Crippen LogP contribution in [-0.2, 0) is 10.0 Å². The zero-order chi connectivity index (χ0) is 18.6. The summed E-state index contributed by atoms with van der Waals surface area (Å²) in [6.07, 6.45) is 0.983. The Labute approximate surface area is 153 Å². The van der Waals surface area contributed by atoms with Gasteiger partial charge in [0.2, 0.25) is 0 Å². The van der Waals surface area contributed by atoms with Crippen molar-refractivity contribution in [1.82, 2.24) is 4.83 Å². The van der Waals surface area contributed by atoms with Crippen LogP contribution >= 0.6 is 11.6 Å². The van der Waals surface area contributed by atoms with E-state index in [-0.39, 0.29) is 10.6 Å². The van der Waals surface area contributed by atoms with Crippen molar-refractivity contribution in [3.8, 4) is 5.75 Å². The Morgan fingerprint density at radius 3 is 2.48 bits per heavy atom. The molecule has 0 saturated heterocycles. The largest absolute Gasteiger partial charge is 0.507 e. The van der Waals surface area contributed by atoms with Crippen LogP contribution in [0.3, 0.4) is 0 Å². The summed E-state index contributed by atoms with van der Waals surface area (Å²) in [7, 11) is -3.79. The Morgan fingerprint density at radius 2 is 1.88 bits per heavy atom. The highest BCUT2D eigenvalue weighted by molar-refractivity contribution is 7.89. The van der Waals surface area contributed by atoms with Crippen LogP contribution in [0, 0.1) is 0 Å².